The van der Waals surface area contributed by atoms with E-state index in [2.05, 4.69) is 69.3 Å². The number of benzene rings is 4. The SMILES string of the molecule is CCCCCCOc1c(OCCCCCC)c(OCCCCCC)c2c3ccccc3c3ccccc3c2c1OCC. The molecule has 0 N–H and O–H groups in total. The summed E-state index contributed by atoms with van der Waals surface area (Å²) >= 11 is 0. The van der Waals surface area contributed by atoms with E-state index < -0.39 is 0 Å². The van der Waals surface area contributed by atoms with Crippen LogP contribution < -0.4 is 18.9 Å². The number of unbranched alkanes of at least 4 members (excludes halogenated alkanes) is 9. The van der Waals surface area contributed by atoms with Gasteiger partial charge in [0.25, 0.3) is 0 Å². The highest BCUT2D eigenvalue weighted by molar-refractivity contribution is 6.29. The van der Waals surface area contributed by atoms with Gasteiger partial charge in [-0.3, -0.25) is 0 Å². The van der Waals surface area contributed by atoms with Crippen LogP contribution in [0.2, 0.25) is 0 Å². The first-order chi connectivity index (χ1) is 20.8. The fourth-order valence-corrected chi connectivity index (χ4v) is 5.84. The first kappa shape index (κ1) is 31.8. The lowest BCUT2D eigenvalue weighted by molar-refractivity contribution is 0.226. The molecule has 0 saturated heterocycles. The molecule has 0 spiro atoms. The molecule has 4 rings (SSSR count). The summed E-state index contributed by atoms with van der Waals surface area (Å²) in [7, 11) is 0. The van der Waals surface area contributed by atoms with Crippen molar-refractivity contribution in [3.8, 4) is 23.0 Å². The Morgan fingerprint density at radius 2 is 0.738 bits per heavy atom. The molecule has 4 nitrogen and oxygen atoms in total. The molecule has 228 valence electrons. The van der Waals surface area contributed by atoms with Crippen LogP contribution >= 0.6 is 0 Å². The Hall–Kier alpha value is -3.14. The average Bonchev–Trinajstić information content (AvgIpc) is 3.02. The third-order valence-corrected chi connectivity index (χ3v) is 8.03. The van der Waals surface area contributed by atoms with Gasteiger partial charge in [-0.15, -0.1) is 0 Å². The molecule has 4 heteroatoms. The van der Waals surface area contributed by atoms with E-state index in [0.717, 1.165) is 71.6 Å². The molecule has 0 aliphatic heterocycles. The van der Waals surface area contributed by atoms with Gasteiger partial charge in [0.05, 0.1) is 26.4 Å². The largest absolute Gasteiger partial charge is 0.489 e. The lowest BCUT2D eigenvalue weighted by Gasteiger charge is -2.24. The molecule has 0 atom stereocenters. The van der Waals surface area contributed by atoms with Gasteiger partial charge in [0.1, 0.15) is 0 Å². The van der Waals surface area contributed by atoms with Crippen molar-refractivity contribution in [2.45, 2.75) is 105 Å². The molecule has 0 aliphatic rings. The van der Waals surface area contributed by atoms with E-state index in [9.17, 15) is 0 Å². The van der Waals surface area contributed by atoms with Gasteiger partial charge in [0.15, 0.2) is 11.5 Å². The Kier molecular flexibility index (Phi) is 12.9. The van der Waals surface area contributed by atoms with Crippen LogP contribution in [0.25, 0.3) is 32.3 Å². The van der Waals surface area contributed by atoms with E-state index in [-0.39, 0.29) is 0 Å². The van der Waals surface area contributed by atoms with Crippen LogP contribution in [0.4, 0.5) is 0 Å². The van der Waals surface area contributed by atoms with Gasteiger partial charge in [-0.1, -0.05) is 127 Å². The zero-order valence-electron chi connectivity index (χ0n) is 26.6. The van der Waals surface area contributed by atoms with E-state index >= 15 is 0 Å². The fourth-order valence-electron chi connectivity index (χ4n) is 5.84. The minimum Gasteiger partial charge on any atom is -0.489 e. The number of hydrogen-bond acceptors (Lipinski definition) is 4. The van der Waals surface area contributed by atoms with Crippen LogP contribution in [0.5, 0.6) is 23.0 Å². The highest BCUT2D eigenvalue weighted by Crippen LogP contribution is 2.55. The Labute approximate surface area is 253 Å². The van der Waals surface area contributed by atoms with Crippen molar-refractivity contribution in [1.29, 1.82) is 0 Å². The van der Waals surface area contributed by atoms with Crippen molar-refractivity contribution in [3.63, 3.8) is 0 Å². The van der Waals surface area contributed by atoms with Crippen molar-refractivity contribution >= 4 is 32.3 Å². The van der Waals surface area contributed by atoms with Gasteiger partial charge in [-0.2, -0.15) is 0 Å². The van der Waals surface area contributed by atoms with Crippen LogP contribution in [0.3, 0.4) is 0 Å². The molecule has 4 aromatic carbocycles. The summed E-state index contributed by atoms with van der Waals surface area (Å²) in [6.07, 6.45) is 13.7. The predicted molar refractivity (Wildman–Crippen MR) is 179 cm³/mol. The summed E-state index contributed by atoms with van der Waals surface area (Å²) in [5.41, 5.74) is 0. The van der Waals surface area contributed by atoms with Gasteiger partial charge >= 0.3 is 0 Å². The summed E-state index contributed by atoms with van der Waals surface area (Å²) in [4.78, 5) is 0. The van der Waals surface area contributed by atoms with Gasteiger partial charge < -0.3 is 18.9 Å². The Morgan fingerprint density at radius 1 is 0.381 bits per heavy atom. The first-order valence-electron chi connectivity index (χ1n) is 16.7. The monoisotopic (exact) mass is 572 g/mol. The molecule has 0 saturated carbocycles. The summed E-state index contributed by atoms with van der Waals surface area (Å²) in [5, 5.41) is 6.83. The third kappa shape index (κ3) is 7.62. The summed E-state index contributed by atoms with van der Waals surface area (Å²) in [6.45, 7) is 11.2. The van der Waals surface area contributed by atoms with Gasteiger partial charge in [-0.25, -0.2) is 0 Å². The van der Waals surface area contributed by atoms with E-state index in [1.807, 2.05) is 6.92 Å². The topological polar surface area (TPSA) is 36.9 Å². The highest BCUT2D eigenvalue weighted by Gasteiger charge is 2.28. The Balaban J connectivity index is 1.97. The molecular weight excluding hydrogens is 520 g/mol. The van der Waals surface area contributed by atoms with Crippen molar-refractivity contribution < 1.29 is 18.9 Å². The van der Waals surface area contributed by atoms with Crippen molar-refractivity contribution in [3.05, 3.63) is 48.5 Å². The zero-order valence-corrected chi connectivity index (χ0v) is 26.6. The molecule has 0 fully saturated rings. The van der Waals surface area contributed by atoms with Crippen LogP contribution in [0.15, 0.2) is 48.5 Å². The minimum atomic E-state index is 0.537. The van der Waals surface area contributed by atoms with Crippen molar-refractivity contribution in [1.82, 2.24) is 0 Å². The van der Waals surface area contributed by atoms with Crippen molar-refractivity contribution in [2.24, 2.45) is 0 Å². The van der Waals surface area contributed by atoms with E-state index in [4.69, 9.17) is 18.9 Å². The summed E-state index contributed by atoms with van der Waals surface area (Å²) in [5.74, 6) is 2.96. The smallest absolute Gasteiger partial charge is 0.208 e. The number of fused-ring (bicyclic) bond motifs is 6. The summed E-state index contributed by atoms with van der Waals surface area (Å²) in [6, 6.07) is 17.3. The van der Waals surface area contributed by atoms with E-state index in [0.29, 0.717) is 37.9 Å². The lowest BCUT2D eigenvalue weighted by Crippen LogP contribution is -2.09. The van der Waals surface area contributed by atoms with Crippen LogP contribution in [-0.2, 0) is 0 Å². The highest BCUT2D eigenvalue weighted by atomic mass is 16.6. The maximum Gasteiger partial charge on any atom is 0.208 e. The molecule has 0 bridgehead atoms. The standard InChI is InChI=1S/C38H52O4/c1-5-9-12-19-26-40-36-34-32-25-18-16-23-30(32)29-22-15-17-24-31(29)33(34)35(39-8-4)37(41-27-20-13-10-6-2)38(36)42-28-21-14-11-7-3/h15-18,22-25H,5-14,19-21,26-28H2,1-4H3. The zero-order chi connectivity index (χ0) is 29.6. The van der Waals surface area contributed by atoms with Gasteiger partial charge in [0, 0.05) is 10.8 Å². The predicted octanol–water partition coefficient (Wildman–Crippen LogP) is 11.4. The number of rotatable bonds is 20. The number of ether oxygens (including phenoxy) is 4. The molecule has 4 aromatic rings. The van der Waals surface area contributed by atoms with Crippen molar-refractivity contribution in [2.75, 3.05) is 26.4 Å². The molecule has 42 heavy (non-hydrogen) atoms. The second-order valence-corrected chi connectivity index (χ2v) is 11.3. The third-order valence-electron chi connectivity index (χ3n) is 8.03. The summed E-state index contributed by atoms with van der Waals surface area (Å²) < 4.78 is 26.7. The molecule has 0 amide bonds. The fraction of sp³-hybridized carbons (Fsp3) is 0.526. The maximum atomic E-state index is 6.79. The van der Waals surface area contributed by atoms with E-state index in [1.54, 1.807) is 0 Å². The number of hydrogen-bond donors (Lipinski definition) is 0. The second-order valence-electron chi connectivity index (χ2n) is 11.3. The molecule has 0 aromatic heterocycles. The average molecular weight is 573 g/mol. The van der Waals surface area contributed by atoms with Gasteiger partial charge in [0.2, 0.25) is 11.5 Å². The lowest BCUT2D eigenvalue weighted by atomic mass is 9.92. The molecule has 0 radical (unpaired) electrons. The second kappa shape index (κ2) is 17.1. The van der Waals surface area contributed by atoms with Gasteiger partial charge in [-0.05, 0) is 47.7 Å². The maximum absolute atomic E-state index is 6.79. The Bertz CT molecular complexity index is 1390. The minimum absolute atomic E-state index is 0.537. The van der Waals surface area contributed by atoms with E-state index in [1.165, 1.54) is 49.3 Å². The van der Waals surface area contributed by atoms with Crippen LogP contribution in [0.1, 0.15) is 105 Å². The normalized spacial score (nSPS) is 11.4. The van der Waals surface area contributed by atoms with Crippen LogP contribution in [0, 0.1) is 0 Å². The Morgan fingerprint density at radius 3 is 1.12 bits per heavy atom. The molecule has 0 aliphatic carbocycles. The molecule has 0 heterocycles. The molecular formula is C38H52O4. The first-order valence-corrected chi connectivity index (χ1v) is 16.7. The van der Waals surface area contributed by atoms with Crippen LogP contribution in [-0.4, -0.2) is 26.4 Å². The quantitative estimate of drug-likeness (QED) is 0.0779. The molecule has 0 unspecified atom stereocenters.